The standard InChI is InChI=1S/C32H40ClN3O5S/c1-21-31(37)34-42(38,39)25-10-13-30-28(17-25)36(18-23-8-11-26(23)29(40-3)7-5-15-35(21)2)19-32(20-41-30)14-4-6-22-16-24(33)9-12-27(22)32/h5,7,9-10,12-13,16-17,21,23,26,29H,4,6,8,11,14-15,18-20H2,1-3H3,(H,34,37)/b7-5-/t21-,23+,26-,29-,32+/m1/s1. The Morgan fingerprint density at radius 1 is 1.17 bits per heavy atom. The van der Waals surface area contributed by atoms with Gasteiger partial charge in [0.25, 0.3) is 15.9 Å². The molecule has 0 aromatic heterocycles. The van der Waals surface area contributed by atoms with E-state index in [0.29, 0.717) is 37.3 Å². The number of hydrogen-bond donors (Lipinski definition) is 1. The number of nitrogens with one attached hydrogen (secondary N) is 1. The van der Waals surface area contributed by atoms with Gasteiger partial charge >= 0.3 is 0 Å². The molecule has 2 bridgehead atoms. The highest BCUT2D eigenvalue weighted by atomic mass is 35.5. The molecule has 5 atom stereocenters. The smallest absolute Gasteiger partial charge is 0.264 e. The number of carbonyl (C=O) groups is 1. The normalized spacial score (nSPS) is 32.0. The molecule has 226 valence electrons. The van der Waals surface area contributed by atoms with E-state index in [9.17, 15) is 13.2 Å². The molecule has 2 aliphatic carbocycles. The minimum Gasteiger partial charge on any atom is -0.490 e. The summed E-state index contributed by atoms with van der Waals surface area (Å²) >= 11 is 6.40. The van der Waals surface area contributed by atoms with Crippen molar-refractivity contribution in [2.24, 2.45) is 11.8 Å². The number of rotatable bonds is 1. The van der Waals surface area contributed by atoms with Gasteiger partial charge in [-0.25, -0.2) is 13.1 Å². The maximum absolute atomic E-state index is 13.5. The van der Waals surface area contributed by atoms with Gasteiger partial charge < -0.3 is 14.4 Å². The van der Waals surface area contributed by atoms with Crippen LogP contribution in [-0.2, 0) is 31.4 Å². The van der Waals surface area contributed by atoms with Gasteiger partial charge in [0.2, 0.25) is 0 Å². The van der Waals surface area contributed by atoms with Crippen molar-refractivity contribution in [1.29, 1.82) is 0 Å². The van der Waals surface area contributed by atoms with E-state index >= 15 is 0 Å². The minimum absolute atomic E-state index is 0.0323. The van der Waals surface area contributed by atoms with Crippen molar-refractivity contribution in [3.05, 3.63) is 64.7 Å². The van der Waals surface area contributed by atoms with E-state index in [0.717, 1.165) is 49.4 Å². The second-order valence-electron chi connectivity index (χ2n) is 12.4. The van der Waals surface area contributed by atoms with Crippen LogP contribution in [0.1, 0.15) is 43.7 Å². The van der Waals surface area contributed by atoms with Gasteiger partial charge in [0.1, 0.15) is 5.75 Å². The molecule has 2 aromatic rings. The number of halogens is 1. The Morgan fingerprint density at radius 2 is 2.00 bits per heavy atom. The average molecular weight is 614 g/mol. The number of methoxy groups -OCH3 is 1. The number of anilines is 1. The number of sulfonamides is 1. The zero-order valence-electron chi connectivity index (χ0n) is 24.5. The van der Waals surface area contributed by atoms with Crippen LogP contribution in [0.4, 0.5) is 5.69 Å². The van der Waals surface area contributed by atoms with E-state index < -0.39 is 22.0 Å². The number of ether oxygens (including phenoxy) is 2. The third-order valence-corrected chi connectivity index (χ3v) is 11.5. The molecule has 2 heterocycles. The lowest BCUT2D eigenvalue weighted by atomic mass is 9.68. The summed E-state index contributed by atoms with van der Waals surface area (Å²) in [6.07, 6.45) is 9.21. The fourth-order valence-electron chi connectivity index (χ4n) is 7.19. The lowest BCUT2D eigenvalue weighted by Crippen LogP contribution is -2.49. The number of likely N-dealkylation sites (N-methyl/N-ethyl adjacent to an activating group) is 1. The molecule has 0 radical (unpaired) electrons. The van der Waals surface area contributed by atoms with Crippen LogP contribution in [0.5, 0.6) is 5.75 Å². The summed E-state index contributed by atoms with van der Waals surface area (Å²) in [6.45, 7) is 4.16. The molecule has 0 unspecified atom stereocenters. The first kappa shape index (κ1) is 29.5. The van der Waals surface area contributed by atoms with Crippen LogP contribution in [0, 0.1) is 11.8 Å². The van der Waals surface area contributed by atoms with Crippen molar-refractivity contribution in [2.45, 2.75) is 61.5 Å². The lowest BCUT2D eigenvalue weighted by molar-refractivity contribution is -0.123. The van der Waals surface area contributed by atoms with Gasteiger partial charge in [-0.15, -0.1) is 0 Å². The fraction of sp³-hybridized carbons (Fsp3) is 0.531. The first-order chi connectivity index (χ1) is 20.1. The van der Waals surface area contributed by atoms with Crippen molar-refractivity contribution >= 4 is 33.2 Å². The van der Waals surface area contributed by atoms with Gasteiger partial charge in [0.05, 0.1) is 29.3 Å². The molecule has 6 rings (SSSR count). The van der Waals surface area contributed by atoms with Crippen molar-refractivity contribution < 1.29 is 22.7 Å². The number of nitrogens with zero attached hydrogens (tertiary/aromatic N) is 2. The van der Waals surface area contributed by atoms with Crippen molar-refractivity contribution in [1.82, 2.24) is 9.62 Å². The van der Waals surface area contributed by atoms with Gasteiger partial charge in [0.15, 0.2) is 0 Å². The molecule has 2 aromatic carbocycles. The molecule has 4 aliphatic rings. The van der Waals surface area contributed by atoms with E-state index in [2.05, 4.69) is 27.8 Å². The summed E-state index contributed by atoms with van der Waals surface area (Å²) in [5, 5.41) is 0.738. The second kappa shape index (κ2) is 11.5. The molecule has 1 amide bonds. The van der Waals surface area contributed by atoms with Crippen LogP contribution >= 0.6 is 11.6 Å². The summed E-state index contributed by atoms with van der Waals surface area (Å²) in [5.74, 6) is 0.810. The quantitative estimate of drug-likeness (QED) is 0.472. The molecule has 2 aliphatic heterocycles. The zero-order chi connectivity index (χ0) is 29.6. The third-order valence-electron chi connectivity index (χ3n) is 9.94. The molecule has 10 heteroatoms. The highest BCUT2D eigenvalue weighted by molar-refractivity contribution is 7.90. The van der Waals surface area contributed by atoms with Crippen LogP contribution < -0.4 is 14.4 Å². The minimum atomic E-state index is -4.10. The summed E-state index contributed by atoms with van der Waals surface area (Å²) < 4.78 is 41.8. The van der Waals surface area contributed by atoms with Gasteiger partial charge in [-0.2, -0.15) is 0 Å². The SMILES string of the molecule is CO[C@@H]1/C=C\CN(C)[C@H](C)C(=O)NS(=O)(=O)c2ccc3c(c2)N(C[C@@H]2CC[C@H]21)C[C@@]1(CCCc2cc(Cl)ccc21)CO3. The van der Waals surface area contributed by atoms with Crippen LogP contribution in [0.25, 0.3) is 0 Å². The Morgan fingerprint density at radius 3 is 2.76 bits per heavy atom. The number of benzene rings is 2. The Labute approximate surface area is 254 Å². The highest BCUT2D eigenvalue weighted by Crippen LogP contribution is 2.47. The largest absolute Gasteiger partial charge is 0.490 e. The molecule has 42 heavy (non-hydrogen) atoms. The molecule has 8 nitrogen and oxygen atoms in total. The Bertz CT molecular complexity index is 1500. The molecular weight excluding hydrogens is 574 g/mol. The van der Waals surface area contributed by atoms with E-state index in [-0.39, 0.29) is 16.4 Å². The van der Waals surface area contributed by atoms with Crippen LogP contribution in [-0.4, -0.2) is 71.8 Å². The third kappa shape index (κ3) is 5.45. The van der Waals surface area contributed by atoms with E-state index in [4.69, 9.17) is 21.1 Å². The van der Waals surface area contributed by atoms with E-state index in [1.54, 1.807) is 26.2 Å². The van der Waals surface area contributed by atoms with E-state index in [1.807, 2.05) is 24.1 Å². The topological polar surface area (TPSA) is 88.2 Å². The first-order valence-electron chi connectivity index (χ1n) is 14.9. The van der Waals surface area contributed by atoms with Gasteiger partial charge in [-0.05, 0) is 99.4 Å². The molecule has 1 saturated carbocycles. The van der Waals surface area contributed by atoms with Crippen LogP contribution in [0.15, 0.2) is 53.4 Å². The van der Waals surface area contributed by atoms with Gasteiger partial charge in [0, 0.05) is 37.2 Å². The Kier molecular flexibility index (Phi) is 8.06. The molecule has 1 fully saturated rings. The Hall–Kier alpha value is -2.59. The van der Waals surface area contributed by atoms with Crippen molar-refractivity contribution in [3.63, 3.8) is 0 Å². The predicted molar refractivity (Wildman–Crippen MR) is 164 cm³/mol. The van der Waals surface area contributed by atoms with Gasteiger partial charge in [-0.1, -0.05) is 29.8 Å². The first-order valence-corrected chi connectivity index (χ1v) is 16.7. The highest BCUT2D eigenvalue weighted by Gasteiger charge is 2.44. The number of hydrogen-bond acceptors (Lipinski definition) is 7. The molecule has 1 spiro atoms. The summed E-state index contributed by atoms with van der Waals surface area (Å²) in [4.78, 5) is 17.2. The number of carbonyl (C=O) groups excluding carboxylic acids is 1. The molecule has 1 N–H and O–H groups in total. The maximum atomic E-state index is 13.5. The van der Waals surface area contributed by atoms with Crippen molar-refractivity contribution in [3.8, 4) is 5.75 Å². The average Bonchev–Trinajstić information content (AvgIpc) is 3.10. The number of aryl methyl sites for hydroxylation is 1. The lowest BCUT2D eigenvalue weighted by Gasteiger charge is -2.46. The monoisotopic (exact) mass is 613 g/mol. The fourth-order valence-corrected chi connectivity index (χ4v) is 8.45. The zero-order valence-corrected chi connectivity index (χ0v) is 26.1. The summed E-state index contributed by atoms with van der Waals surface area (Å²) in [7, 11) is -0.533. The van der Waals surface area contributed by atoms with E-state index in [1.165, 1.54) is 17.2 Å². The summed E-state index contributed by atoms with van der Waals surface area (Å²) in [5.41, 5.74) is 3.01. The molecular formula is C32H40ClN3O5S. The second-order valence-corrected chi connectivity index (χ2v) is 14.6. The van der Waals surface area contributed by atoms with Crippen molar-refractivity contribution in [2.75, 3.05) is 45.3 Å². The molecule has 0 saturated heterocycles. The number of fused-ring (bicyclic) bond motifs is 4. The predicted octanol–water partition coefficient (Wildman–Crippen LogP) is 4.55. The number of amides is 1. The van der Waals surface area contributed by atoms with Crippen LogP contribution in [0.3, 0.4) is 0 Å². The summed E-state index contributed by atoms with van der Waals surface area (Å²) in [6, 6.07) is 10.5. The Balaban J connectivity index is 1.44. The van der Waals surface area contributed by atoms with Gasteiger partial charge in [-0.3, -0.25) is 9.69 Å². The van der Waals surface area contributed by atoms with Crippen LogP contribution in [0.2, 0.25) is 5.02 Å². The maximum Gasteiger partial charge on any atom is 0.264 e.